The zero-order valence-corrected chi connectivity index (χ0v) is 8.21. The molecule has 1 saturated heterocycles. The summed E-state index contributed by atoms with van der Waals surface area (Å²) in [6.07, 6.45) is 2.84. The largest absolute Gasteiger partial charge is 0.313 e. The Kier molecular flexibility index (Phi) is 1.72. The van der Waals surface area contributed by atoms with Gasteiger partial charge >= 0.3 is 0 Å². The maximum absolute atomic E-state index is 11.4. The van der Waals surface area contributed by atoms with Crippen molar-refractivity contribution in [1.29, 1.82) is 0 Å². The van der Waals surface area contributed by atoms with Crippen LogP contribution in [-0.4, -0.2) is 16.8 Å². The fraction of sp³-hybridized carbons (Fsp3) is 0.667. The van der Waals surface area contributed by atoms with Gasteiger partial charge in [0.2, 0.25) is 5.91 Å². The van der Waals surface area contributed by atoms with Crippen molar-refractivity contribution in [2.24, 2.45) is 11.8 Å². The molecule has 0 radical (unpaired) electrons. The quantitative estimate of drug-likeness (QED) is 0.484. The molecule has 1 fully saturated rings. The van der Waals surface area contributed by atoms with E-state index in [4.69, 9.17) is 0 Å². The van der Waals surface area contributed by atoms with Crippen molar-refractivity contribution < 1.29 is 4.79 Å². The van der Waals surface area contributed by atoms with Gasteiger partial charge in [-0.2, -0.15) is 0 Å². The van der Waals surface area contributed by atoms with Crippen molar-refractivity contribution in [3.63, 3.8) is 0 Å². The Morgan fingerprint density at radius 3 is 2.92 bits per heavy atom. The number of amides is 1. The van der Waals surface area contributed by atoms with Crippen LogP contribution < -0.4 is 0 Å². The van der Waals surface area contributed by atoms with Gasteiger partial charge in [-0.25, -0.2) is 0 Å². The lowest BCUT2D eigenvalue weighted by atomic mass is 9.81. The average Bonchev–Trinajstić information content (AvgIpc) is 2.30. The highest BCUT2D eigenvalue weighted by molar-refractivity contribution is 7.84. The summed E-state index contributed by atoms with van der Waals surface area (Å²) in [6.45, 7) is 4.21. The molecule has 2 rings (SSSR count). The normalized spacial score (nSPS) is 39.2. The second kappa shape index (κ2) is 2.52. The van der Waals surface area contributed by atoms with E-state index in [1.54, 1.807) is 0 Å². The first-order valence-corrected chi connectivity index (χ1v) is 4.84. The van der Waals surface area contributed by atoms with Crippen LogP contribution in [-0.2, 0) is 4.79 Å². The van der Waals surface area contributed by atoms with Crippen LogP contribution in [0.5, 0.6) is 0 Å². The number of carbonyl (C=O) groups excluding carboxylic acids is 1. The van der Waals surface area contributed by atoms with Crippen LogP contribution in [0.3, 0.4) is 0 Å². The number of rotatable bonds is 1. The van der Waals surface area contributed by atoms with E-state index in [9.17, 15) is 4.79 Å². The van der Waals surface area contributed by atoms with Crippen molar-refractivity contribution in [3.05, 3.63) is 11.1 Å². The molecule has 0 aromatic heterocycles. The molecule has 1 unspecified atom stereocenters. The van der Waals surface area contributed by atoms with Crippen LogP contribution in [0.1, 0.15) is 20.3 Å². The molecule has 0 aromatic rings. The summed E-state index contributed by atoms with van der Waals surface area (Å²) in [5.74, 6) is 0.968. The standard InChI is InChI=1S/C9H13NOS/c1-3-6-8-5(2)7(12)4-10(8)9(6)11/h4-6,8,12H,3H2,1-2H3/t5-,6+,8?/m0/s1. The van der Waals surface area contributed by atoms with Crippen molar-refractivity contribution >= 4 is 18.5 Å². The molecule has 1 amide bonds. The zero-order valence-electron chi connectivity index (χ0n) is 7.32. The van der Waals surface area contributed by atoms with E-state index in [1.807, 2.05) is 11.1 Å². The number of thiol groups is 1. The van der Waals surface area contributed by atoms with Gasteiger partial charge < -0.3 is 4.90 Å². The maximum Gasteiger partial charge on any atom is 0.232 e. The van der Waals surface area contributed by atoms with Crippen molar-refractivity contribution in [2.75, 3.05) is 0 Å². The molecule has 66 valence electrons. The highest BCUT2D eigenvalue weighted by Gasteiger charge is 2.51. The highest BCUT2D eigenvalue weighted by atomic mass is 32.1. The second-order valence-corrected chi connectivity index (χ2v) is 4.11. The summed E-state index contributed by atoms with van der Waals surface area (Å²) in [7, 11) is 0. The lowest BCUT2D eigenvalue weighted by Crippen LogP contribution is -2.57. The van der Waals surface area contributed by atoms with Crippen LogP contribution in [0.25, 0.3) is 0 Å². The lowest BCUT2D eigenvalue weighted by molar-refractivity contribution is -0.151. The molecule has 2 heterocycles. The van der Waals surface area contributed by atoms with Gasteiger partial charge in [-0.05, 0) is 6.42 Å². The van der Waals surface area contributed by atoms with E-state index in [0.29, 0.717) is 12.0 Å². The Bertz CT molecular complexity index is 261. The van der Waals surface area contributed by atoms with Gasteiger partial charge in [-0.3, -0.25) is 4.79 Å². The first-order valence-electron chi connectivity index (χ1n) is 4.39. The van der Waals surface area contributed by atoms with E-state index >= 15 is 0 Å². The molecule has 3 heteroatoms. The molecule has 0 N–H and O–H groups in total. The minimum Gasteiger partial charge on any atom is -0.313 e. The van der Waals surface area contributed by atoms with Gasteiger partial charge in [0.1, 0.15) is 0 Å². The van der Waals surface area contributed by atoms with Gasteiger partial charge in [0, 0.05) is 17.0 Å². The molecule has 0 spiro atoms. The van der Waals surface area contributed by atoms with E-state index in [-0.39, 0.29) is 11.8 Å². The summed E-state index contributed by atoms with van der Waals surface area (Å²) in [5.41, 5.74) is 0. The van der Waals surface area contributed by atoms with E-state index in [2.05, 4.69) is 26.5 Å². The molecule has 12 heavy (non-hydrogen) atoms. The molecule has 2 aliphatic rings. The molecule has 0 saturated carbocycles. The van der Waals surface area contributed by atoms with Crippen LogP contribution >= 0.6 is 12.6 Å². The minimum absolute atomic E-state index is 0.251. The van der Waals surface area contributed by atoms with Crippen molar-refractivity contribution in [1.82, 2.24) is 4.90 Å². The molecule has 2 aliphatic heterocycles. The fourth-order valence-electron chi connectivity index (χ4n) is 2.19. The van der Waals surface area contributed by atoms with Gasteiger partial charge in [-0.1, -0.05) is 13.8 Å². The zero-order chi connectivity index (χ0) is 8.88. The fourth-order valence-corrected chi connectivity index (χ4v) is 2.46. The number of β-lactam (4-membered cyclic amide) rings is 1. The smallest absolute Gasteiger partial charge is 0.232 e. The molecule has 0 aromatic carbocycles. The minimum atomic E-state index is 0.251. The van der Waals surface area contributed by atoms with Crippen molar-refractivity contribution in [3.8, 4) is 0 Å². The molecule has 2 nitrogen and oxygen atoms in total. The van der Waals surface area contributed by atoms with Crippen molar-refractivity contribution in [2.45, 2.75) is 26.3 Å². The third-order valence-electron chi connectivity index (χ3n) is 3.00. The van der Waals surface area contributed by atoms with Crippen LogP contribution in [0.15, 0.2) is 11.1 Å². The van der Waals surface area contributed by atoms with Gasteiger partial charge in [-0.15, -0.1) is 12.6 Å². The van der Waals surface area contributed by atoms with Gasteiger partial charge in [0.05, 0.1) is 12.0 Å². The van der Waals surface area contributed by atoms with E-state index in [0.717, 1.165) is 11.3 Å². The first kappa shape index (κ1) is 8.17. The van der Waals surface area contributed by atoms with E-state index in [1.165, 1.54) is 0 Å². The third kappa shape index (κ3) is 0.802. The summed E-state index contributed by atoms with van der Waals surface area (Å²) in [4.78, 5) is 14.3. The monoisotopic (exact) mass is 183 g/mol. The first-order chi connectivity index (χ1) is 5.66. The number of nitrogens with zero attached hydrogens (tertiary/aromatic N) is 1. The van der Waals surface area contributed by atoms with Crippen LogP contribution in [0.4, 0.5) is 0 Å². The predicted molar refractivity (Wildman–Crippen MR) is 50.6 cm³/mol. The average molecular weight is 183 g/mol. The molecular weight excluding hydrogens is 170 g/mol. The SMILES string of the molecule is CC[C@H]1C(=O)N2C=C(S)[C@H](C)C12. The lowest BCUT2D eigenvalue weighted by Gasteiger charge is -2.43. The maximum atomic E-state index is 11.4. The highest BCUT2D eigenvalue weighted by Crippen LogP contribution is 2.43. The number of carbonyl (C=O) groups is 1. The Labute approximate surface area is 78.0 Å². The van der Waals surface area contributed by atoms with Crippen LogP contribution in [0.2, 0.25) is 0 Å². The Hall–Kier alpha value is -0.440. The number of hydrogen-bond donors (Lipinski definition) is 1. The molecular formula is C9H13NOS. The Morgan fingerprint density at radius 2 is 2.33 bits per heavy atom. The summed E-state index contributed by atoms with van der Waals surface area (Å²) >= 11 is 4.33. The van der Waals surface area contributed by atoms with Crippen LogP contribution in [0, 0.1) is 11.8 Å². The number of hydrogen-bond acceptors (Lipinski definition) is 2. The van der Waals surface area contributed by atoms with E-state index < -0.39 is 0 Å². The topological polar surface area (TPSA) is 20.3 Å². The summed E-state index contributed by atoms with van der Waals surface area (Å²) in [6, 6.07) is 0.412. The second-order valence-electron chi connectivity index (χ2n) is 3.59. The van der Waals surface area contributed by atoms with Gasteiger partial charge in [0.15, 0.2) is 0 Å². The molecule has 3 atom stereocenters. The Balaban J connectivity index is 2.21. The third-order valence-corrected chi connectivity index (χ3v) is 3.52. The Morgan fingerprint density at radius 1 is 1.67 bits per heavy atom. The predicted octanol–water partition coefficient (Wildman–Crippen LogP) is 1.64. The molecule has 0 aliphatic carbocycles. The number of fused-ring (bicyclic) bond motifs is 1. The molecule has 0 bridgehead atoms. The summed E-state index contributed by atoms with van der Waals surface area (Å²) < 4.78 is 0. The van der Waals surface area contributed by atoms with Gasteiger partial charge in [0.25, 0.3) is 0 Å². The summed E-state index contributed by atoms with van der Waals surface area (Å²) in [5, 5.41) is 0.